The van der Waals surface area contributed by atoms with E-state index in [9.17, 15) is 19.5 Å². The van der Waals surface area contributed by atoms with Gasteiger partial charge in [0.15, 0.2) is 0 Å². The van der Waals surface area contributed by atoms with E-state index in [1.807, 2.05) is 6.08 Å². The number of hydrogen-bond acceptors (Lipinski definition) is 6. The summed E-state index contributed by atoms with van der Waals surface area (Å²) in [7, 11) is 0. The maximum Gasteiger partial charge on any atom is 0.312 e. The minimum atomic E-state index is -1.01. The van der Waals surface area contributed by atoms with Gasteiger partial charge in [-0.1, -0.05) is 31.9 Å². The lowest BCUT2D eigenvalue weighted by atomic mass is 9.70. The largest absolute Gasteiger partial charge is 0.465 e. The topological polar surface area (TPSA) is 96.4 Å². The summed E-state index contributed by atoms with van der Waals surface area (Å²) in [6.07, 6.45) is 10.9. The van der Waals surface area contributed by atoms with E-state index in [1.54, 1.807) is 15.9 Å². The van der Waals surface area contributed by atoms with Crippen LogP contribution in [0.25, 0.3) is 0 Å². The van der Waals surface area contributed by atoms with Gasteiger partial charge in [0.1, 0.15) is 11.6 Å². The van der Waals surface area contributed by atoms with Crippen LogP contribution in [0.15, 0.2) is 25.3 Å². The molecule has 2 bridgehead atoms. The Morgan fingerprint density at radius 2 is 2.00 bits per heavy atom. The Morgan fingerprint density at radius 1 is 1.19 bits per heavy atom. The molecule has 202 valence electrons. The average molecular weight is 505 g/mol. The molecule has 3 rings (SSSR count). The third kappa shape index (κ3) is 5.70. The lowest BCUT2D eigenvalue weighted by Crippen LogP contribution is -2.56. The van der Waals surface area contributed by atoms with E-state index >= 15 is 0 Å². The van der Waals surface area contributed by atoms with Crippen molar-refractivity contribution in [1.82, 2.24) is 9.80 Å². The number of esters is 1. The van der Waals surface area contributed by atoms with Crippen molar-refractivity contribution in [1.29, 1.82) is 0 Å². The van der Waals surface area contributed by atoms with Gasteiger partial charge in [-0.15, -0.1) is 13.2 Å². The Bertz CT molecular complexity index is 801. The van der Waals surface area contributed by atoms with Crippen LogP contribution < -0.4 is 0 Å². The Balaban J connectivity index is 1.84. The highest BCUT2D eigenvalue weighted by atomic mass is 16.6. The zero-order valence-corrected chi connectivity index (χ0v) is 21.9. The molecule has 3 fully saturated rings. The van der Waals surface area contributed by atoms with Gasteiger partial charge in [0, 0.05) is 26.2 Å². The monoisotopic (exact) mass is 504 g/mol. The van der Waals surface area contributed by atoms with Crippen molar-refractivity contribution in [3.63, 3.8) is 0 Å². The van der Waals surface area contributed by atoms with Crippen molar-refractivity contribution < 1.29 is 29.0 Å². The van der Waals surface area contributed by atoms with Gasteiger partial charge < -0.3 is 24.4 Å². The van der Waals surface area contributed by atoms with Gasteiger partial charge in [-0.3, -0.25) is 14.4 Å². The molecule has 3 heterocycles. The molecule has 0 aliphatic carbocycles. The molecule has 8 heteroatoms. The number of allylic oxidation sites excluding steroid dienone is 1. The average Bonchev–Trinajstić information content (AvgIpc) is 3.51. The normalized spacial score (nSPS) is 28.3. The molecule has 8 nitrogen and oxygen atoms in total. The van der Waals surface area contributed by atoms with Crippen LogP contribution in [0, 0.1) is 11.8 Å². The molecule has 5 atom stereocenters. The van der Waals surface area contributed by atoms with Crippen LogP contribution >= 0.6 is 0 Å². The number of carbonyl (C=O) groups excluding carboxylic acids is 3. The second-order valence-corrected chi connectivity index (χ2v) is 10.3. The summed E-state index contributed by atoms with van der Waals surface area (Å²) in [6, 6.07) is -0.773. The summed E-state index contributed by atoms with van der Waals surface area (Å²) in [4.78, 5) is 44.4. The molecule has 3 aliphatic heterocycles. The van der Waals surface area contributed by atoms with Crippen molar-refractivity contribution in [2.75, 3.05) is 32.8 Å². The molecule has 0 aromatic heterocycles. The molecule has 1 N–H and O–H groups in total. The molecule has 2 unspecified atom stereocenters. The number of hydrogen-bond donors (Lipinski definition) is 1. The van der Waals surface area contributed by atoms with Crippen LogP contribution in [0.5, 0.6) is 0 Å². The number of aliphatic hydroxyl groups excluding tert-OH is 1. The van der Waals surface area contributed by atoms with Crippen LogP contribution in [0.3, 0.4) is 0 Å². The number of fused-ring (bicyclic) bond motifs is 1. The van der Waals surface area contributed by atoms with Crippen LogP contribution in [0.4, 0.5) is 0 Å². The first-order valence-corrected chi connectivity index (χ1v) is 13.7. The molecule has 0 saturated carbocycles. The van der Waals surface area contributed by atoms with E-state index in [4.69, 9.17) is 9.47 Å². The maximum absolute atomic E-state index is 14.0. The van der Waals surface area contributed by atoms with Crippen molar-refractivity contribution in [3.8, 4) is 0 Å². The first-order valence-electron chi connectivity index (χ1n) is 13.7. The summed E-state index contributed by atoms with van der Waals surface area (Å²) >= 11 is 0. The zero-order valence-electron chi connectivity index (χ0n) is 21.9. The Morgan fingerprint density at radius 3 is 2.69 bits per heavy atom. The third-order valence-corrected chi connectivity index (χ3v) is 7.85. The Hall–Kier alpha value is -2.19. The van der Waals surface area contributed by atoms with E-state index in [-0.39, 0.29) is 18.4 Å². The molecule has 0 aromatic rings. The first-order chi connectivity index (χ1) is 17.5. The fraction of sp³-hybridized carbons (Fsp3) is 0.750. The molecule has 0 radical (unpaired) electrons. The summed E-state index contributed by atoms with van der Waals surface area (Å²) < 4.78 is 12.1. The zero-order chi connectivity index (χ0) is 26.1. The lowest BCUT2D eigenvalue weighted by Gasteiger charge is -2.36. The highest BCUT2D eigenvalue weighted by molar-refractivity contribution is 5.98. The summed E-state index contributed by atoms with van der Waals surface area (Å²) in [5.41, 5.74) is -1.01. The molecule has 3 aliphatic rings. The maximum atomic E-state index is 14.0. The van der Waals surface area contributed by atoms with Gasteiger partial charge in [-0.2, -0.15) is 0 Å². The molecular weight excluding hydrogens is 460 g/mol. The molecule has 36 heavy (non-hydrogen) atoms. The standard InChI is InChI=1S/C28H44N2O6/c1-4-7-9-13-20-35-27(34)22-21-14-15-28(36-21)23(22)25(32)30(18-11-12-19-31)24(28)26(33)29(16-6-3)17-10-8-5-2/h4,6,21-24,31H,1,3,5,7-20H2,2H3/t21-,22+,23-,24?,28?/m0/s1. The first kappa shape index (κ1) is 28.4. The number of nitrogens with zero attached hydrogens (tertiary/aromatic N) is 2. The molecule has 2 amide bonds. The number of amides is 2. The molecule has 3 saturated heterocycles. The van der Waals surface area contributed by atoms with Crippen molar-refractivity contribution in [3.05, 3.63) is 25.3 Å². The summed E-state index contributed by atoms with van der Waals surface area (Å²) in [5.74, 6) is -2.12. The van der Waals surface area contributed by atoms with Gasteiger partial charge in [0.2, 0.25) is 11.8 Å². The summed E-state index contributed by atoms with van der Waals surface area (Å²) in [5, 5.41) is 9.29. The molecule has 1 spiro atoms. The van der Waals surface area contributed by atoms with Crippen LogP contribution in [-0.2, 0) is 23.9 Å². The highest BCUT2D eigenvalue weighted by Gasteiger charge is 2.74. The number of rotatable bonds is 17. The van der Waals surface area contributed by atoms with E-state index in [0.717, 1.165) is 38.5 Å². The predicted octanol–water partition coefficient (Wildman–Crippen LogP) is 3.24. The van der Waals surface area contributed by atoms with E-state index in [0.29, 0.717) is 51.9 Å². The minimum absolute atomic E-state index is 0.0220. The fourth-order valence-electron chi connectivity index (χ4n) is 6.17. The number of carbonyl (C=O) groups is 3. The Kier molecular flexibility index (Phi) is 10.5. The third-order valence-electron chi connectivity index (χ3n) is 7.85. The van der Waals surface area contributed by atoms with Crippen LogP contribution in [0.2, 0.25) is 0 Å². The molecular formula is C28H44N2O6. The SMILES string of the molecule is C=CCCCCOC(=O)[C@@H]1[C@@H]2CCC3(O2)C(C(=O)N(CC=C)CCCCC)N(CCCCO)C(=O)[C@H]13. The van der Waals surface area contributed by atoms with Gasteiger partial charge in [-0.05, 0) is 51.4 Å². The van der Waals surface area contributed by atoms with E-state index in [2.05, 4.69) is 20.1 Å². The predicted molar refractivity (Wildman–Crippen MR) is 137 cm³/mol. The number of ether oxygens (including phenoxy) is 2. The highest BCUT2D eigenvalue weighted by Crippen LogP contribution is 2.58. The number of aliphatic hydroxyl groups is 1. The van der Waals surface area contributed by atoms with E-state index in [1.165, 1.54) is 0 Å². The van der Waals surface area contributed by atoms with Crippen molar-refractivity contribution in [2.24, 2.45) is 11.8 Å². The van der Waals surface area contributed by atoms with Crippen LogP contribution in [-0.4, -0.2) is 83.3 Å². The van der Waals surface area contributed by atoms with Gasteiger partial charge >= 0.3 is 5.97 Å². The number of unbranched alkanes of at least 4 members (excludes halogenated alkanes) is 5. The van der Waals surface area contributed by atoms with E-state index < -0.39 is 35.6 Å². The smallest absolute Gasteiger partial charge is 0.312 e. The van der Waals surface area contributed by atoms with Crippen molar-refractivity contribution >= 4 is 17.8 Å². The summed E-state index contributed by atoms with van der Waals surface area (Å²) in [6.45, 7) is 11.3. The molecule has 0 aromatic carbocycles. The van der Waals surface area contributed by atoms with Gasteiger partial charge in [0.05, 0.1) is 24.5 Å². The van der Waals surface area contributed by atoms with Crippen molar-refractivity contribution in [2.45, 2.75) is 88.9 Å². The van der Waals surface area contributed by atoms with Crippen LogP contribution in [0.1, 0.15) is 71.1 Å². The fourth-order valence-corrected chi connectivity index (χ4v) is 6.17. The minimum Gasteiger partial charge on any atom is -0.465 e. The second-order valence-electron chi connectivity index (χ2n) is 10.3. The number of likely N-dealkylation sites (tertiary alicyclic amines) is 1. The second kappa shape index (κ2) is 13.4. The van der Waals surface area contributed by atoms with Gasteiger partial charge in [0.25, 0.3) is 0 Å². The Labute approximate surface area is 215 Å². The quantitative estimate of drug-likeness (QED) is 0.186. The van der Waals surface area contributed by atoms with Gasteiger partial charge in [-0.25, -0.2) is 0 Å². The lowest BCUT2D eigenvalue weighted by molar-refractivity contribution is -0.155.